The lowest BCUT2D eigenvalue weighted by atomic mass is 10.3. The van der Waals surface area contributed by atoms with Crippen LogP contribution in [0.4, 0.5) is 5.13 Å². The molecule has 0 aliphatic heterocycles. The van der Waals surface area contributed by atoms with Crippen molar-refractivity contribution >= 4 is 22.4 Å². The maximum Gasteiger partial charge on any atom is 0.264 e. The van der Waals surface area contributed by atoms with Crippen molar-refractivity contribution in [1.82, 2.24) is 9.97 Å². The number of rotatable bonds is 5. The minimum absolute atomic E-state index is 0.0199. The number of nitrogens with one attached hydrogen (secondary N) is 2. The van der Waals surface area contributed by atoms with E-state index in [1.165, 1.54) is 23.6 Å². The van der Waals surface area contributed by atoms with Gasteiger partial charge < -0.3 is 14.8 Å². The van der Waals surface area contributed by atoms with Crippen LogP contribution in [-0.4, -0.2) is 27.6 Å². The first kappa shape index (κ1) is 13.2. The number of hydrogen-bond acceptors (Lipinski definition) is 6. The van der Waals surface area contributed by atoms with Gasteiger partial charge >= 0.3 is 0 Å². The van der Waals surface area contributed by atoms with Gasteiger partial charge in [-0.25, -0.2) is 4.98 Å². The van der Waals surface area contributed by atoms with Crippen LogP contribution < -0.4 is 15.5 Å². The van der Waals surface area contributed by atoms with Gasteiger partial charge in [0.25, 0.3) is 5.91 Å². The van der Waals surface area contributed by atoms with Crippen molar-refractivity contribution in [1.29, 1.82) is 0 Å². The normalized spacial score (nSPS) is 10.2. The lowest BCUT2D eigenvalue weighted by molar-refractivity contribution is -0.118. The first-order chi connectivity index (χ1) is 9.19. The summed E-state index contributed by atoms with van der Waals surface area (Å²) in [4.78, 5) is 29.6. The van der Waals surface area contributed by atoms with Crippen molar-refractivity contribution in [3.8, 4) is 5.75 Å². The van der Waals surface area contributed by atoms with E-state index in [0.29, 0.717) is 10.8 Å². The lowest BCUT2D eigenvalue weighted by Gasteiger charge is -2.05. The molecule has 8 heteroatoms. The van der Waals surface area contributed by atoms with Gasteiger partial charge in [0.2, 0.25) is 5.43 Å². The number of thiazole rings is 1. The van der Waals surface area contributed by atoms with Gasteiger partial charge in [-0.3, -0.25) is 14.9 Å². The Kier molecular flexibility index (Phi) is 4.26. The summed E-state index contributed by atoms with van der Waals surface area (Å²) in [6, 6.07) is 1.22. The van der Waals surface area contributed by atoms with Crippen LogP contribution in [0, 0.1) is 0 Å². The van der Waals surface area contributed by atoms with E-state index in [-0.39, 0.29) is 19.0 Å². The second-order valence-electron chi connectivity index (χ2n) is 3.52. The number of nitrogens with zero attached hydrogens (tertiary/aromatic N) is 1. The molecule has 0 aliphatic carbocycles. The van der Waals surface area contributed by atoms with E-state index in [4.69, 9.17) is 9.84 Å². The lowest BCUT2D eigenvalue weighted by Crippen LogP contribution is -2.22. The van der Waals surface area contributed by atoms with Crippen molar-refractivity contribution < 1.29 is 14.6 Å². The molecule has 2 aromatic heterocycles. The van der Waals surface area contributed by atoms with Crippen LogP contribution in [0.2, 0.25) is 0 Å². The fourth-order valence-electron chi connectivity index (χ4n) is 1.29. The van der Waals surface area contributed by atoms with Crippen LogP contribution in [0.15, 0.2) is 28.6 Å². The largest absolute Gasteiger partial charge is 0.478 e. The van der Waals surface area contributed by atoms with Gasteiger partial charge in [-0.05, 0) is 0 Å². The standard InChI is InChI=1S/C11H11N3O4S/c15-5-7-3-8(16)9(4-13-7)18-6-10(17)14-11-12-1-2-19-11/h1-4,15H,5-6H2,(H,13,16)(H,12,14,17). The number of aromatic nitrogens is 2. The maximum absolute atomic E-state index is 11.5. The SMILES string of the molecule is O=C(COc1c[nH]c(CO)cc1=O)Nc1nccs1. The molecule has 0 saturated heterocycles. The van der Waals surface area contributed by atoms with Crippen molar-refractivity contribution in [3.63, 3.8) is 0 Å². The van der Waals surface area contributed by atoms with E-state index in [1.54, 1.807) is 11.6 Å². The second-order valence-corrected chi connectivity index (χ2v) is 4.41. The third-order valence-corrected chi connectivity index (χ3v) is 2.83. The smallest absolute Gasteiger partial charge is 0.264 e. The van der Waals surface area contributed by atoms with E-state index in [1.807, 2.05) is 0 Å². The van der Waals surface area contributed by atoms with Gasteiger partial charge in [-0.1, -0.05) is 0 Å². The van der Waals surface area contributed by atoms with Gasteiger partial charge in [0, 0.05) is 29.5 Å². The highest BCUT2D eigenvalue weighted by Gasteiger charge is 2.07. The molecule has 2 aromatic rings. The third-order valence-electron chi connectivity index (χ3n) is 2.14. The van der Waals surface area contributed by atoms with Crippen LogP contribution in [0.1, 0.15) is 5.69 Å². The molecule has 0 fully saturated rings. The summed E-state index contributed by atoms with van der Waals surface area (Å²) in [5.41, 5.74) is -0.0190. The minimum atomic E-state index is -0.402. The van der Waals surface area contributed by atoms with Gasteiger partial charge in [0.05, 0.1) is 6.61 Å². The van der Waals surface area contributed by atoms with Crippen LogP contribution >= 0.6 is 11.3 Å². The number of hydrogen-bond donors (Lipinski definition) is 3. The Bertz CT molecular complexity index is 609. The Hall–Kier alpha value is -2.19. The molecule has 2 rings (SSSR count). The monoisotopic (exact) mass is 281 g/mol. The topological polar surface area (TPSA) is 104 Å². The Balaban J connectivity index is 1.91. The fourth-order valence-corrected chi connectivity index (χ4v) is 1.83. The van der Waals surface area contributed by atoms with Gasteiger partial charge in [0.15, 0.2) is 17.5 Å². The number of H-pyrrole nitrogens is 1. The van der Waals surface area contributed by atoms with Crippen molar-refractivity contribution in [2.45, 2.75) is 6.61 Å². The van der Waals surface area contributed by atoms with Crippen molar-refractivity contribution in [2.75, 3.05) is 11.9 Å². The number of amides is 1. The molecule has 0 aliphatic rings. The van der Waals surface area contributed by atoms with Crippen molar-refractivity contribution in [3.05, 3.63) is 39.8 Å². The second kappa shape index (κ2) is 6.12. The van der Waals surface area contributed by atoms with Crippen LogP contribution in [0.25, 0.3) is 0 Å². The number of carbonyl (C=O) groups excluding carboxylic acids is 1. The molecule has 19 heavy (non-hydrogen) atoms. The van der Waals surface area contributed by atoms with E-state index in [2.05, 4.69) is 15.3 Å². The number of carbonyl (C=O) groups is 1. The van der Waals surface area contributed by atoms with Crippen molar-refractivity contribution in [2.24, 2.45) is 0 Å². The van der Waals surface area contributed by atoms with Crippen LogP contribution in [0.5, 0.6) is 5.75 Å². The molecule has 3 N–H and O–H groups in total. The first-order valence-corrected chi connectivity index (χ1v) is 6.21. The zero-order valence-electron chi connectivity index (χ0n) is 9.75. The van der Waals surface area contributed by atoms with E-state index >= 15 is 0 Å². The average molecular weight is 281 g/mol. The summed E-state index contributed by atoms with van der Waals surface area (Å²) >= 11 is 1.29. The molecule has 0 aromatic carbocycles. The molecular formula is C11H11N3O4S. The number of aliphatic hydroxyl groups excluding tert-OH is 1. The predicted octanol–water partition coefficient (Wildman–Crippen LogP) is 0.341. The minimum Gasteiger partial charge on any atom is -0.478 e. The molecule has 0 bridgehead atoms. The molecule has 0 spiro atoms. The molecule has 7 nitrogen and oxygen atoms in total. The Morgan fingerprint density at radius 1 is 1.58 bits per heavy atom. The predicted molar refractivity (Wildman–Crippen MR) is 69.2 cm³/mol. The molecule has 0 unspecified atom stereocenters. The number of ether oxygens (including phenoxy) is 1. The number of pyridine rings is 1. The third kappa shape index (κ3) is 3.63. The quantitative estimate of drug-likeness (QED) is 0.733. The van der Waals surface area contributed by atoms with Crippen LogP contribution in [-0.2, 0) is 11.4 Å². The average Bonchev–Trinajstić information content (AvgIpc) is 2.90. The molecule has 2 heterocycles. The summed E-state index contributed by atoms with van der Waals surface area (Å²) in [6.45, 7) is -0.554. The Morgan fingerprint density at radius 3 is 3.05 bits per heavy atom. The Morgan fingerprint density at radius 2 is 2.42 bits per heavy atom. The van der Waals surface area contributed by atoms with Gasteiger partial charge in [0.1, 0.15) is 0 Å². The fraction of sp³-hybridized carbons (Fsp3) is 0.182. The highest BCUT2D eigenvalue weighted by molar-refractivity contribution is 7.13. The van der Waals surface area contributed by atoms with Gasteiger partial charge in [-0.2, -0.15) is 0 Å². The molecule has 0 saturated carbocycles. The molecule has 0 atom stereocenters. The zero-order chi connectivity index (χ0) is 13.7. The van der Waals surface area contributed by atoms with E-state index in [0.717, 1.165) is 0 Å². The number of anilines is 1. The zero-order valence-corrected chi connectivity index (χ0v) is 10.6. The van der Waals surface area contributed by atoms with E-state index < -0.39 is 11.3 Å². The van der Waals surface area contributed by atoms with Crippen LogP contribution in [0.3, 0.4) is 0 Å². The molecule has 1 amide bonds. The highest BCUT2D eigenvalue weighted by Crippen LogP contribution is 2.10. The highest BCUT2D eigenvalue weighted by atomic mass is 32.1. The molecule has 100 valence electrons. The molecule has 0 radical (unpaired) electrons. The Labute approximate surface area is 111 Å². The number of aromatic amines is 1. The summed E-state index contributed by atoms with van der Waals surface area (Å²) in [5, 5.41) is 13.6. The maximum atomic E-state index is 11.5. The first-order valence-electron chi connectivity index (χ1n) is 5.33. The summed E-state index contributed by atoms with van der Waals surface area (Å²) < 4.78 is 5.09. The van der Waals surface area contributed by atoms with E-state index in [9.17, 15) is 9.59 Å². The van der Waals surface area contributed by atoms with Gasteiger partial charge in [-0.15, -0.1) is 11.3 Å². The summed E-state index contributed by atoms with van der Waals surface area (Å²) in [6.07, 6.45) is 2.88. The number of aliphatic hydroxyl groups is 1. The summed E-state index contributed by atoms with van der Waals surface area (Å²) in [5.74, 6) is -0.382. The summed E-state index contributed by atoms with van der Waals surface area (Å²) in [7, 11) is 0. The molecular weight excluding hydrogens is 270 g/mol.